The predicted octanol–water partition coefficient (Wildman–Crippen LogP) is 2.83. The molecule has 0 N–H and O–H groups in total. The van der Waals surface area contributed by atoms with Gasteiger partial charge in [-0.05, 0) is 38.8 Å². The van der Waals surface area contributed by atoms with E-state index in [-0.39, 0.29) is 5.91 Å². The van der Waals surface area contributed by atoms with E-state index in [1.54, 1.807) is 0 Å². The summed E-state index contributed by atoms with van der Waals surface area (Å²) in [4.78, 5) is 16.8. The standard InChI is InChI=1S/C20H24N4O2/c1-15-18(16(2)26-22-15)8-9-20(25)24-11-5-10-23(12-13-24)19-7-4-3-6-17(19)14-21/h3-4,6-7H,5,8-13H2,1-2H3. The Balaban J connectivity index is 1.60. The Labute approximate surface area is 154 Å². The van der Waals surface area contributed by atoms with Gasteiger partial charge >= 0.3 is 0 Å². The van der Waals surface area contributed by atoms with E-state index in [0.29, 0.717) is 24.9 Å². The Bertz CT molecular complexity index is 802. The molecule has 136 valence electrons. The summed E-state index contributed by atoms with van der Waals surface area (Å²) in [7, 11) is 0. The first-order valence-corrected chi connectivity index (χ1v) is 9.03. The molecule has 1 aliphatic rings. The van der Waals surface area contributed by atoms with Gasteiger partial charge in [-0.3, -0.25) is 4.79 Å². The zero-order chi connectivity index (χ0) is 18.5. The van der Waals surface area contributed by atoms with Crippen LogP contribution >= 0.6 is 0 Å². The van der Waals surface area contributed by atoms with Gasteiger partial charge in [-0.1, -0.05) is 17.3 Å². The number of benzene rings is 1. The molecule has 0 bridgehead atoms. The minimum Gasteiger partial charge on any atom is -0.369 e. The molecule has 1 saturated heterocycles. The normalized spacial score (nSPS) is 14.8. The first kappa shape index (κ1) is 18.0. The molecule has 1 aromatic heterocycles. The maximum atomic E-state index is 12.6. The van der Waals surface area contributed by atoms with Crippen LogP contribution in [0.3, 0.4) is 0 Å². The molecule has 1 aromatic carbocycles. The number of aryl methyl sites for hydroxylation is 2. The smallest absolute Gasteiger partial charge is 0.222 e. The van der Waals surface area contributed by atoms with Crippen LogP contribution in [0.5, 0.6) is 0 Å². The van der Waals surface area contributed by atoms with Gasteiger partial charge in [0.2, 0.25) is 5.91 Å². The Morgan fingerprint density at radius 2 is 2.04 bits per heavy atom. The topological polar surface area (TPSA) is 73.4 Å². The second kappa shape index (κ2) is 8.05. The monoisotopic (exact) mass is 352 g/mol. The number of rotatable bonds is 4. The average molecular weight is 352 g/mol. The van der Waals surface area contributed by atoms with Crippen LogP contribution < -0.4 is 4.90 Å². The largest absolute Gasteiger partial charge is 0.369 e. The summed E-state index contributed by atoms with van der Waals surface area (Å²) in [6, 6.07) is 9.91. The zero-order valence-corrected chi connectivity index (χ0v) is 15.4. The number of nitrogens with zero attached hydrogens (tertiary/aromatic N) is 4. The van der Waals surface area contributed by atoms with Crippen molar-refractivity contribution in [3.63, 3.8) is 0 Å². The summed E-state index contributed by atoms with van der Waals surface area (Å²) in [5.74, 6) is 0.964. The van der Waals surface area contributed by atoms with Gasteiger partial charge in [0.15, 0.2) is 0 Å². The Morgan fingerprint density at radius 1 is 1.23 bits per heavy atom. The molecule has 0 aliphatic carbocycles. The minimum atomic E-state index is 0.167. The van der Waals surface area contributed by atoms with E-state index in [4.69, 9.17) is 4.52 Å². The molecule has 6 heteroatoms. The maximum absolute atomic E-state index is 12.6. The number of hydrogen-bond acceptors (Lipinski definition) is 5. The molecule has 1 fully saturated rings. The summed E-state index contributed by atoms with van der Waals surface area (Å²) in [5, 5.41) is 13.3. The van der Waals surface area contributed by atoms with Crippen molar-refractivity contribution in [3.05, 3.63) is 46.8 Å². The van der Waals surface area contributed by atoms with Crippen LogP contribution in [0, 0.1) is 25.2 Å². The number of anilines is 1. The SMILES string of the molecule is Cc1noc(C)c1CCC(=O)N1CCCN(c2ccccc2C#N)CC1. The first-order valence-electron chi connectivity index (χ1n) is 9.03. The van der Waals surface area contributed by atoms with E-state index >= 15 is 0 Å². The maximum Gasteiger partial charge on any atom is 0.222 e. The third-order valence-electron chi connectivity index (χ3n) is 4.98. The Kier molecular flexibility index (Phi) is 5.57. The van der Waals surface area contributed by atoms with Crippen molar-refractivity contribution in [2.24, 2.45) is 0 Å². The van der Waals surface area contributed by atoms with Crippen molar-refractivity contribution in [2.75, 3.05) is 31.1 Å². The summed E-state index contributed by atoms with van der Waals surface area (Å²) >= 11 is 0. The van der Waals surface area contributed by atoms with Crippen LogP contribution in [0.15, 0.2) is 28.8 Å². The number of amides is 1. The molecule has 0 saturated carbocycles. The number of para-hydroxylation sites is 1. The number of carbonyl (C=O) groups excluding carboxylic acids is 1. The highest BCUT2D eigenvalue weighted by atomic mass is 16.5. The molecule has 6 nitrogen and oxygen atoms in total. The molecule has 0 radical (unpaired) electrons. The van der Waals surface area contributed by atoms with Crippen molar-refractivity contribution in [3.8, 4) is 6.07 Å². The van der Waals surface area contributed by atoms with Crippen molar-refractivity contribution >= 4 is 11.6 Å². The third kappa shape index (κ3) is 3.88. The first-order chi connectivity index (χ1) is 12.6. The fraction of sp³-hybridized carbons (Fsp3) is 0.450. The number of carbonyl (C=O) groups is 1. The van der Waals surface area contributed by atoms with E-state index in [0.717, 1.165) is 48.8 Å². The van der Waals surface area contributed by atoms with Gasteiger partial charge in [0.1, 0.15) is 11.8 Å². The van der Waals surface area contributed by atoms with Gasteiger partial charge in [-0.2, -0.15) is 5.26 Å². The van der Waals surface area contributed by atoms with Gasteiger partial charge in [0.05, 0.1) is 16.9 Å². The van der Waals surface area contributed by atoms with Crippen LogP contribution in [0.25, 0.3) is 0 Å². The highest BCUT2D eigenvalue weighted by Gasteiger charge is 2.21. The lowest BCUT2D eigenvalue weighted by molar-refractivity contribution is -0.130. The van der Waals surface area contributed by atoms with E-state index in [1.165, 1.54) is 0 Å². The van der Waals surface area contributed by atoms with Crippen LogP contribution in [-0.2, 0) is 11.2 Å². The fourth-order valence-electron chi connectivity index (χ4n) is 3.50. The molecule has 2 aromatic rings. The summed E-state index contributed by atoms with van der Waals surface area (Å²) in [5.41, 5.74) is 3.55. The van der Waals surface area contributed by atoms with Gasteiger partial charge in [0, 0.05) is 38.2 Å². The molecule has 2 heterocycles. The average Bonchev–Trinajstić information content (AvgIpc) is 2.86. The number of nitriles is 1. The lowest BCUT2D eigenvalue weighted by atomic mass is 10.1. The lowest BCUT2D eigenvalue weighted by Gasteiger charge is -2.24. The molecular formula is C20H24N4O2. The number of hydrogen-bond donors (Lipinski definition) is 0. The van der Waals surface area contributed by atoms with Crippen molar-refractivity contribution < 1.29 is 9.32 Å². The lowest BCUT2D eigenvalue weighted by Crippen LogP contribution is -2.35. The molecule has 0 atom stereocenters. The minimum absolute atomic E-state index is 0.167. The molecule has 26 heavy (non-hydrogen) atoms. The molecular weight excluding hydrogens is 328 g/mol. The van der Waals surface area contributed by atoms with Gasteiger partial charge in [-0.25, -0.2) is 0 Å². The van der Waals surface area contributed by atoms with E-state index in [2.05, 4.69) is 16.1 Å². The molecule has 3 rings (SSSR count). The molecule has 0 spiro atoms. The van der Waals surface area contributed by atoms with E-state index < -0.39 is 0 Å². The van der Waals surface area contributed by atoms with Gasteiger partial charge in [-0.15, -0.1) is 0 Å². The van der Waals surface area contributed by atoms with E-state index in [9.17, 15) is 10.1 Å². The Hall–Kier alpha value is -2.81. The highest BCUT2D eigenvalue weighted by molar-refractivity contribution is 5.76. The van der Waals surface area contributed by atoms with Crippen molar-refractivity contribution in [1.82, 2.24) is 10.1 Å². The van der Waals surface area contributed by atoms with Crippen LogP contribution in [0.1, 0.15) is 35.4 Å². The third-order valence-corrected chi connectivity index (χ3v) is 4.98. The van der Waals surface area contributed by atoms with Crippen molar-refractivity contribution in [2.45, 2.75) is 33.1 Å². The zero-order valence-electron chi connectivity index (χ0n) is 15.4. The summed E-state index contributed by atoms with van der Waals surface area (Å²) in [6.07, 6.45) is 2.03. The van der Waals surface area contributed by atoms with Crippen molar-refractivity contribution in [1.29, 1.82) is 5.26 Å². The molecule has 1 amide bonds. The second-order valence-electron chi connectivity index (χ2n) is 6.65. The van der Waals surface area contributed by atoms with Crippen LogP contribution in [-0.4, -0.2) is 42.1 Å². The molecule has 1 aliphatic heterocycles. The van der Waals surface area contributed by atoms with Gasteiger partial charge < -0.3 is 14.3 Å². The molecule has 0 unspecified atom stereocenters. The number of aromatic nitrogens is 1. The quantitative estimate of drug-likeness (QED) is 0.846. The fourth-order valence-corrected chi connectivity index (χ4v) is 3.50. The summed E-state index contributed by atoms with van der Waals surface area (Å²) < 4.78 is 5.17. The summed E-state index contributed by atoms with van der Waals surface area (Å²) in [6.45, 7) is 6.83. The highest BCUT2D eigenvalue weighted by Crippen LogP contribution is 2.21. The second-order valence-corrected chi connectivity index (χ2v) is 6.65. The Morgan fingerprint density at radius 3 is 2.77 bits per heavy atom. The van der Waals surface area contributed by atoms with E-state index in [1.807, 2.05) is 43.0 Å². The predicted molar refractivity (Wildman–Crippen MR) is 98.9 cm³/mol. The van der Waals surface area contributed by atoms with Crippen LogP contribution in [0.2, 0.25) is 0 Å². The van der Waals surface area contributed by atoms with Gasteiger partial charge in [0.25, 0.3) is 0 Å². The van der Waals surface area contributed by atoms with Crippen LogP contribution in [0.4, 0.5) is 5.69 Å².